The van der Waals surface area contributed by atoms with Crippen molar-refractivity contribution in [3.05, 3.63) is 61.8 Å². The molecule has 0 amide bonds. The standard InChI is InChI=1S/C37H46S6/c1-6-10-12-24(8-3)20-26-14-16-31(41-26)34-28-18-19-40-36(28)35(29-22-33(43-37(29)34)30(38)23-39-5)32-17-15-27(42-32)21-25(9-4)13-11-7-2/h14-19,22-25,38H,6-13,20-21H2,1-5H3/b30-23+. The molecular weight excluding hydrogens is 637 g/mol. The van der Waals surface area contributed by atoms with Gasteiger partial charge in [0.1, 0.15) is 0 Å². The van der Waals surface area contributed by atoms with Gasteiger partial charge < -0.3 is 0 Å². The third-order valence-electron chi connectivity index (χ3n) is 8.75. The van der Waals surface area contributed by atoms with Gasteiger partial charge in [0.05, 0.1) is 0 Å². The molecule has 4 heterocycles. The van der Waals surface area contributed by atoms with Gasteiger partial charge in [0, 0.05) is 60.6 Å². The Labute approximate surface area is 285 Å². The van der Waals surface area contributed by atoms with E-state index in [1.165, 1.54) is 120 Å². The van der Waals surface area contributed by atoms with E-state index in [-0.39, 0.29) is 0 Å². The van der Waals surface area contributed by atoms with Crippen LogP contribution in [-0.4, -0.2) is 6.26 Å². The van der Waals surface area contributed by atoms with Gasteiger partial charge in [0.2, 0.25) is 0 Å². The third kappa shape index (κ3) is 7.69. The first-order valence-corrected chi connectivity index (χ1v) is 21.1. The number of thiol groups is 1. The van der Waals surface area contributed by atoms with E-state index in [0.29, 0.717) is 0 Å². The lowest BCUT2D eigenvalue weighted by Crippen LogP contribution is -2.01. The fourth-order valence-corrected chi connectivity index (χ4v) is 11.8. The first-order valence-electron chi connectivity index (χ1n) is 16.1. The van der Waals surface area contributed by atoms with E-state index in [0.717, 1.165) is 16.7 Å². The van der Waals surface area contributed by atoms with Gasteiger partial charge in [0.15, 0.2) is 0 Å². The van der Waals surface area contributed by atoms with Gasteiger partial charge in [-0.25, -0.2) is 0 Å². The highest BCUT2D eigenvalue weighted by molar-refractivity contribution is 8.03. The maximum Gasteiger partial charge on any atom is 0.0449 e. The smallest absolute Gasteiger partial charge is 0.0449 e. The van der Waals surface area contributed by atoms with Gasteiger partial charge >= 0.3 is 0 Å². The van der Waals surface area contributed by atoms with Crippen LogP contribution in [-0.2, 0) is 12.8 Å². The third-order valence-corrected chi connectivity index (χ3v) is 14.3. The zero-order chi connectivity index (χ0) is 30.3. The Kier molecular flexibility index (Phi) is 12.4. The van der Waals surface area contributed by atoms with Crippen LogP contribution >= 0.6 is 69.7 Å². The van der Waals surface area contributed by atoms with E-state index in [1.54, 1.807) is 11.8 Å². The molecule has 0 spiro atoms. The summed E-state index contributed by atoms with van der Waals surface area (Å²) < 4.78 is 2.84. The number of hydrogen-bond acceptors (Lipinski definition) is 6. The minimum absolute atomic E-state index is 0.786. The summed E-state index contributed by atoms with van der Waals surface area (Å²) in [6.07, 6.45) is 15.0. The maximum atomic E-state index is 4.94. The van der Waals surface area contributed by atoms with Crippen LogP contribution in [0.4, 0.5) is 0 Å². The molecule has 0 fully saturated rings. The number of fused-ring (bicyclic) bond motifs is 2. The molecule has 0 bridgehead atoms. The van der Waals surface area contributed by atoms with E-state index in [4.69, 9.17) is 12.6 Å². The molecule has 2 unspecified atom stereocenters. The van der Waals surface area contributed by atoms with E-state index < -0.39 is 0 Å². The second-order valence-electron chi connectivity index (χ2n) is 11.8. The van der Waals surface area contributed by atoms with E-state index in [9.17, 15) is 0 Å². The molecule has 0 saturated carbocycles. The summed E-state index contributed by atoms with van der Waals surface area (Å²) >= 11 is 14.5. The first kappa shape index (κ1) is 33.3. The number of rotatable bonds is 16. The summed E-state index contributed by atoms with van der Waals surface area (Å²) in [6.45, 7) is 9.34. The van der Waals surface area contributed by atoms with Crippen LogP contribution in [0.3, 0.4) is 0 Å². The van der Waals surface area contributed by atoms with Gasteiger partial charge in [-0.15, -0.1) is 69.7 Å². The second-order valence-corrected chi connectivity index (χ2v) is 17.3. The summed E-state index contributed by atoms with van der Waals surface area (Å²) in [6, 6.07) is 14.4. The monoisotopic (exact) mass is 682 g/mol. The van der Waals surface area contributed by atoms with Crippen LogP contribution in [0.2, 0.25) is 0 Å². The van der Waals surface area contributed by atoms with Gasteiger partial charge in [-0.05, 0) is 78.1 Å². The zero-order valence-corrected chi connectivity index (χ0v) is 31.3. The fourth-order valence-electron chi connectivity index (χ4n) is 6.19. The highest BCUT2D eigenvalue weighted by Gasteiger charge is 2.23. The molecule has 5 aromatic rings. The Bertz CT molecular complexity index is 1530. The molecule has 0 aliphatic heterocycles. The highest BCUT2D eigenvalue weighted by Crippen LogP contribution is 2.52. The van der Waals surface area contributed by atoms with E-state index in [1.807, 2.05) is 45.3 Å². The first-order chi connectivity index (χ1) is 21.0. The van der Waals surface area contributed by atoms with E-state index >= 15 is 0 Å². The second kappa shape index (κ2) is 16.0. The summed E-state index contributed by atoms with van der Waals surface area (Å²) in [4.78, 5) is 8.22. The molecular formula is C37H46S6. The summed E-state index contributed by atoms with van der Waals surface area (Å²) in [7, 11) is 0. The quantitative estimate of drug-likeness (QED) is 0.101. The number of unbranched alkanes of at least 4 members (excludes halogenated alkanes) is 2. The van der Waals surface area contributed by atoms with Crippen molar-refractivity contribution < 1.29 is 0 Å². The maximum absolute atomic E-state index is 4.94. The Morgan fingerprint density at radius 3 is 1.88 bits per heavy atom. The molecule has 0 radical (unpaired) electrons. The van der Waals surface area contributed by atoms with Crippen molar-refractivity contribution in [3.8, 4) is 20.9 Å². The predicted molar refractivity (Wildman–Crippen MR) is 208 cm³/mol. The Morgan fingerprint density at radius 2 is 1.35 bits per heavy atom. The number of hydrogen-bond donors (Lipinski definition) is 1. The van der Waals surface area contributed by atoms with Gasteiger partial charge in [-0.1, -0.05) is 79.1 Å². The molecule has 4 aromatic heterocycles. The summed E-state index contributed by atoms with van der Waals surface area (Å²) in [5.74, 6) is 1.57. The molecule has 0 aliphatic rings. The molecule has 0 saturated heterocycles. The van der Waals surface area contributed by atoms with Crippen LogP contribution < -0.4 is 0 Å². The number of thiophene rings is 4. The average molecular weight is 683 g/mol. The fraction of sp³-hybridized carbons (Fsp3) is 0.459. The minimum Gasteiger partial charge on any atom is -0.143 e. The van der Waals surface area contributed by atoms with E-state index in [2.05, 4.69) is 81.1 Å². The van der Waals surface area contributed by atoms with Crippen LogP contribution in [0.15, 0.2) is 47.2 Å². The van der Waals surface area contributed by atoms with Crippen molar-refractivity contribution in [1.82, 2.24) is 0 Å². The molecule has 0 N–H and O–H groups in total. The molecule has 6 heteroatoms. The van der Waals surface area contributed by atoms with Crippen LogP contribution in [0.5, 0.6) is 0 Å². The SMILES string of the molecule is CCCCC(CC)Cc1ccc(-c2c3cc(/C(S)=C\SC)sc3c(-c3ccc(CC(CC)CCCC)s3)c3ccsc23)s1. The number of benzene rings is 1. The van der Waals surface area contributed by atoms with Crippen molar-refractivity contribution >= 4 is 94.8 Å². The zero-order valence-electron chi connectivity index (χ0n) is 26.3. The lowest BCUT2D eigenvalue weighted by Gasteiger charge is -2.13. The molecule has 2 atom stereocenters. The van der Waals surface area contributed by atoms with Gasteiger partial charge in [0.25, 0.3) is 0 Å². The minimum atomic E-state index is 0.786. The van der Waals surface area contributed by atoms with Gasteiger partial charge in [-0.2, -0.15) is 0 Å². The summed E-state index contributed by atoms with van der Waals surface area (Å²) in [5.41, 5.74) is 2.86. The van der Waals surface area contributed by atoms with Crippen molar-refractivity contribution in [1.29, 1.82) is 0 Å². The lowest BCUT2D eigenvalue weighted by atomic mass is 9.95. The normalized spacial score (nSPS) is 13.9. The molecule has 1 aromatic carbocycles. The van der Waals surface area contributed by atoms with Crippen LogP contribution in [0.25, 0.3) is 46.0 Å². The van der Waals surface area contributed by atoms with Crippen molar-refractivity contribution in [3.63, 3.8) is 0 Å². The number of thioether (sulfide) groups is 1. The molecule has 230 valence electrons. The van der Waals surface area contributed by atoms with Crippen molar-refractivity contribution in [2.45, 2.75) is 91.9 Å². The Morgan fingerprint density at radius 1 is 0.767 bits per heavy atom. The van der Waals surface area contributed by atoms with Crippen molar-refractivity contribution in [2.75, 3.05) is 6.26 Å². The molecule has 5 rings (SSSR count). The van der Waals surface area contributed by atoms with Crippen LogP contribution in [0, 0.1) is 11.8 Å². The topological polar surface area (TPSA) is 0 Å². The summed E-state index contributed by atoms with van der Waals surface area (Å²) in [5, 5.41) is 7.27. The molecule has 43 heavy (non-hydrogen) atoms. The van der Waals surface area contributed by atoms with Crippen molar-refractivity contribution in [2.24, 2.45) is 11.8 Å². The van der Waals surface area contributed by atoms with Crippen LogP contribution in [0.1, 0.15) is 93.7 Å². The average Bonchev–Trinajstić information content (AvgIpc) is 3.83. The Balaban J connectivity index is 1.62. The lowest BCUT2D eigenvalue weighted by molar-refractivity contribution is 0.452. The highest BCUT2D eigenvalue weighted by atomic mass is 32.2. The largest absolute Gasteiger partial charge is 0.143 e. The van der Waals surface area contributed by atoms with Gasteiger partial charge in [-0.3, -0.25) is 0 Å². The molecule has 0 nitrogen and oxygen atoms in total. The molecule has 0 aliphatic carbocycles. The Hall–Kier alpha value is -1.02. The predicted octanol–water partition coefficient (Wildman–Crippen LogP) is 14.7.